The molecule has 2 rings (SSSR count). The van der Waals surface area contributed by atoms with E-state index in [0.29, 0.717) is 6.54 Å². The molecule has 0 N–H and O–H groups in total. The molecule has 0 spiro atoms. The summed E-state index contributed by atoms with van der Waals surface area (Å²) in [5.41, 5.74) is -0.0351. The maximum absolute atomic E-state index is 13.7. The van der Waals surface area contributed by atoms with Crippen LogP contribution < -0.4 is 0 Å². The molecule has 1 saturated heterocycles. The molecular weight excluding hydrogens is 285 g/mol. The van der Waals surface area contributed by atoms with E-state index >= 15 is 0 Å². The zero-order valence-corrected chi connectivity index (χ0v) is 12.0. The second-order valence-corrected chi connectivity index (χ2v) is 5.38. The summed E-state index contributed by atoms with van der Waals surface area (Å²) in [6, 6.07) is 3.93. The molecule has 108 valence electrons. The van der Waals surface area contributed by atoms with Crippen LogP contribution in [0, 0.1) is 17.7 Å². The molecule has 1 amide bonds. The standard InChI is InChI=1S/C14H15ClFNO3/c1-8-6-17(7-11(8)14(19)20-2)13(18)10-4-3-9(15)5-12(10)16/h3-5,8,11H,6-7H2,1-2H3. The van der Waals surface area contributed by atoms with Crippen molar-refractivity contribution >= 4 is 23.5 Å². The quantitative estimate of drug-likeness (QED) is 0.788. The molecular formula is C14H15ClFNO3. The number of likely N-dealkylation sites (tertiary alicyclic amines) is 1. The molecule has 0 saturated carbocycles. The number of ether oxygens (including phenoxy) is 1. The summed E-state index contributed by atoms with van der Waals surface area (Å²) in [6.07, 6.45) is 0. The van der Waals surface area contributed by atoms with E-state index in [4.69, 9.17) is 16.3 Å². The Morgan fingerprint density at radius 3 is 2.70 bits per heavy atom. The lowest BCUT2D eigenvalue weighted by molar-refractivity contribution is -0.146. The molecule has 0 bridgehead atoms. The SMILES string of the molecule is COC(=O)C1CN(C(=O)c2ccc(Cl)cc2F)CC1C. The van der Waals surface area contributed by atoms with Gasteiger partial charge in [-0.15, -0.1) is 0 Å². The molecule has 20 heavy (non-hydrogen) atoms. The number of esters is 1. The molecule has 1 heterocycles. The number of halogens is 2. The van der Waals surface area contributed by atoms with Gasteiger partial charge in [0.2, 0.25) is 0 Å². The second-order valence-electron chi connectivity index (χ2n) is 4.94. The zero-order valence-electron chi connectivity index (χ0n) is 11.2. The monoisotopic (exact) mass is 299 g/mol. The minimum absolute atomic E-state index is 0.0123. The highest BCUT2D eigenvalue weighted by molar-refractivity contribution is 6.30. The van der Waals surface area contributed by atoms with E-state index in [0.717, 1.165) is 6.07 Å². The lowest BCUT2D eigenvalue weighted by atomic mass is 9.99. The predicted octanol–water partition coefficient (Wildman–Crippen LogP) is 2.36. The van der Waals surface area contributed by atoms with Gasteiger partial charge in [-0.1, -0.05) is 18.5 Å². The van der Waals surface area contributed by atoms with Crippen molar-refractivity contribution in [2.24, 2.45) is 11.8 Å². The lowest BCUT2D eigenvalue weighted by Crippen LogP contribution is -2.30. The first-order chi connectivity index (χ1) is 9.43. The number of amides is 1. The van der Waals surface area contributed by atoms with Crippen molar-refractivity contribution in [3.63, 3.8) is 0 Å². The summed E-state index contributed by atoms with van der Waals surface area (Å²) < 4.78 is 18.5. The summed E-state index contributed by atoms with van der Waals surface area (Å²) in [6.45, 7) is 2.52. The van der Waals surface area contributed by atoms with Gasteiger partial charge in [0.15, 0.2) is 0 Å². The number of benzene rings is 1. The van der Waals surface area contributed by atoms with Gasteiger partial charge in [0.05, 0.1) is 18.6 Å². The Labute approximate surface area is 121 Å². The molecule has 2 unspecified atom stereocenters. The van der Waals surface area contributed by atoms with E-state index in [1.54, 1.807) is 0 Å². The molecule has 4 nitrogen and oxygen atoms in total. The Bertz CT molecular complexity index is 549. The third-order valence-electron chi connectivity index (χ3n) is 3.57. The van der Waals surface area contributed by atoms with Crippen molar-refractivity contribution in [1.82, 2.24) is 4.90 Å². The summed E-state index contributed by atoms with van der Waals surface area (Å²) in [5, 5.41) is 0.237. The first-order valence-corrected chi connectivity index (χ1v) is 6.64. The fourth-order valence-corrected chi connectivity index (χ4v) is 2.58. The predicted molar refractivity (Wildman–Crippen MR) is 72.0 cm³/mol. The summed E-state index contributed by atoms with van der Waals surface area (Å²) in [5.74, 6) is -1.81. The van der Waals surface area contributed by atoms with E-state index in [1.807, 2.05) is 6.92 Å². The van der Waals surface area contributed by atoms with Crippen molar-refractivity contribution < 1.29 is 18.7 Å². The molecule has 1 aromatic rings. The lowest BCUT2D eigenvalue weighted by Gasteiger charge is -2.16. The van der Waals surface area contributed by atoms with Gasteiger partial charge >= 0.3 is 5.97 Å². The fourth-order valence-electron chi connectivity index (χ4n) is 2.42. The highest BCUT2D eigenvalue weighted by atomic mass is 35.5. The molecule has 0 aliphatic carbocycles. The van der Waals surface area contributed by atoms with Gasteiger partial charge in [-0.25, -0.2) is 4.39 Å². The number of carbonyl (C=O) groups is 2. The van der Waals surface area contributed by atoms with Crippen LogP contribution in [0.15, 0.2) is 18.2 Å². The van der Waals surface area contributed by atoms with E-state index in [1.165, 1.54) is 24.1 Å². The molecule has 6 heteroatoms. The van der Waals surface area contributed by atoms with Gasteiger partial charge in [-0.3, -0.25) is 9.59 Å². The number of rotatable bonds is 2. The van der Waals surface area contributed by atoms with E-state index in [9.17, 15) is 14.0 Å². The number of hydrogen-bond acceptors (Lipinski definition) is 3. The Balaban J connectivity index is 2.17. The molecule has 0 radical (unpaired) electrons. The molecule has 1 aliphatic rings. The summed E-state index contributed by atoms with van der Waals surface area (Å²) >= 11 is 5.66. The Morgan fingerprint density at radius 1 is 1.40 bits per heavy atom. The van der Waals surface area contributed by atoms with Crippen LogP contribution in [0.1, 0.15) is 17.3 Å². The minimum Gasteiger partial charge on any atom is -0.469 e. The third kappa shape index (κ3) is 2.77. The maximum Gasteiger partial charge on any atom is 0.310 e. The molecule has 0 aromatic heterocycles. The summed E-state index contributed by atoms with van der Waals surface area (Å²) in [7, 11) is 1.32. The minimum atomic E-state index is -0.656. The normalized spacial score (nSPS) is 21.9. The van der Waals surface area contributed by atoms with Gasteiger partial charge in [-0.2, -0.15) is 0 Å². The molecule has 2 atom stereocenters. The number of nitrogens with zero attached hydrogens (tertiary/aromatic N) is 1. The van der Waals surface area contributed by atoms with Crippen molar-refractivity contribution in [2.45, 2.75) is 6.92 Å². The van der Waals surface area contributed by atoms with Gasteiger partial charge in [0.1, 0.15) is 5.82 Å². The largest absolute Gasteiger partial charge is 0.469 e. The first-order valence-electron chi connectivity index (χ1n) is 6.26. The third-order valence-corrected chi connectivity index (χ3v) is 3.80. The topological polar surface area (TPSA) is 46.6 Å². The van der Waals surface area contributed by atoms with Crippen LogP contribution >= 0.6 is 11.6 Å². The van der Waals surface area contributed by atoms with Gasteiger partial charge in [0, 0.05) is 18.1 Å². The molecule has 1 aromatic carbocycles. The number of hydrogen-bond donors (Lipinski definition) is 0. The van der Waals surface area contributed by atoms with Crippen LogP contribution in [-0.2, 0) is 9.53 Å². The van der Waals surface area contributed by atoms with Crippen molar-refractivity contribution in [1.29, 1.82) is 0 Å². The van der Waals surface area contributed by atoms with Crippen LogP contribution in [0.25, 0.3) is 0 Å². The van der Waals surface area contributed by atoms with Gasteiger partial charge in [-0.05, 0) is 24.1 Å². The second kappa shape index (κ2) is 5.79. The number of methoxy groups -OCH3 is 1. The number of carbonyl (C=O) groups excluding carboxylic acids is 2. The summed E-state index contributed by atoms with van der Waals surface area (Å²) in [4.78, 5) is 25.3. The van der Waals surface area contributed by atoms with Gasteiger partial charge < -0.3 is 9.64 Å². The average molecular weight is 300 g/mol. The first kappa shape index (κ1) is 14.8. The Hall–Kier alpha value is -1.62. The molecule has 1 fully saturated rings. The van der Waals surface area contributed by atoms with Crippen molar-refractivity contribution in [3.05, 3.63) is 34.6 Å². The molecule has 1 aliphatic heterocycles. The Morgan fingerprint density at radius 2 is 2.10 bits per heavy atom. The van der Waals surface area contributed by atoms with Crippen LogP contribution in [0.4, 0.5) is 4.39 Å². The van der Waals surface area contributed by atoms with Crippen molar-refractivity contribution in [3.8, 4) is 0 Å². The van der Waals surface area contributed by atoms with E-state index in [2.05, 4.69) is 0 Å². The maximum atomic E-state index is 13.7. The van der Waals surface area contributed by atoms with E-state index < -0.39 is 11.7 Å². The van der Waals surface area contributed by atoms with Crippen molar-refractivity contribution in [2.75, 3.05) is 20.2 Å². The van der Waals surface area contributed by atoms with Crippen LogP contribution in [0.5, 0.6) is 0 Å². The smallest absolute Gasteiger partial charge is 0.310 e. The van der Waals surface area contributed by atoms with Gasteiger partial charge in [0.25, 0.3) is 5.91 Å². The van der Waals surface area contributed by atoms with E-state index in [-0.39, 0.29) is 34.9 Å². The van der Waals surface area contributed by atoms with Crippen LogP contribution in [0.2, 0.25) is 5.02 Å². The van der Waals surface area contributed by atoms with Crippen LogP contribution in [-0.4, -0.2) is 37.0 Å². The highest BCUT2D eigenvalue weighted by Crippen LogP contribution is 2.26. The Kier molecular flexibility index (Phi) is 4.28. The highest BCUT2D eigenvalue weighted by Gasteiger charge is 2.38. The fraction of sp³-hybridized carbons (Fsp3) is 0.429. The zero-order chi connectivity index (χ0) is 14.9. The van der Waals surface area contributed by atoms with Crippen LogP contribution in [0.3, 0.4) is 0 Å². The average Bonchev–Trinajstić information content (AvgIpc) is 2.79.